The fraction of sp³-hybridized carbons (Fsp3) is 0.600. The minimum absolute atomic E-state index is 0.0145. The van der Waals surface area contributed by atoms with Gasteiger partial charge in [0.05, 0.1) is 4.90 Å². The first kappa shape index (κ1) is 26.3. The van der Waals surface area contributed by atoms with Crippen LogP contribution in [0.5, 0.6) is 0 Å². The number of carbonyl (C=O) groups is 2. The van der Waals surface area contributed by atoms with Gasteiger partial charge >= 0.3 is 0 Å². The van der Waals surface area contributed by atoms with E-state index in [0.717, 1.165) is 24.1 Å². The van der Waals surface area contributed by atoms with Crippen LogP contribution in [0.3, 0.4) is 0 Å². The van der Waals surface area contributed by atoms with Crippen LogP contribution in [-0.4, -0.2) is 62.8 Å². The number of carbonyl (C=O) groups excluding carboxylic acids is 2. The third-order valence-electron chi connectivity index (χ3n) is 7.22. The van der Waals surface area contributed by atoms with Crippen LogP contribution in [0.15, 0.2) is 40.8 Å². The molecular weight excluding hydrogens is 457 g/mol. The highest BCUT2D eigenvalue weighted by molar-refractivity contribution is 7.89. The normalized spacial score (nSPS) is 23.7. The van der Waals surface area contributed by atoms with Gasteiger partial charge in [0.15, 0.2) is 0 Å². The van der Waals surface area contributed by atoms with Crippen LogP contribution in [0, 0.1) is 29.5 Å². The molecule has 188 valence electrons. The van der Waals surface area contributed by atoms with Crippen molar-refractivity contribution < 1.29 is 22.4 Å². The molecule has 0 unspecified atom stereocenters. The van der Waals surface area contributed by atoms with E-state index in [9.17, 15) is 22.4 Å². The smallest absolute Gasteiger partial charge is 0.240 e. The molecule has 1 aliphatic heterocycles. The number of allylic oxidation sites excluding steroid dienone is 1. The summed E-state index contributed by atoms with van der Waals surface area (Å²) >= 11 is 0. The van der Waals surface area contributed by atoms with E-state index < -0.39 is 15.8 Å². The summed E-state index contributed by atoms with van der Waals surface area (Å²) in [6.07, 6.45) is 3.37. The Hall–Kier alpha value is -2.26. The zero-order valence-electron chi connectivity index (χ0n) is 20.5. The van der Waals surface area contributed by atoms with Crippen LogP contribution >= 0.6 is 0 Å². The molecule has 9 heteroatoms. The van der Waals surface area contributed by atoms with Crippen LogP contribution in [0.1, 0.15) is 40.5 Å². The molecule has 2 amide bonds. The summed E-state index contributed by atoms with van der Waals surface area (Å²) in [4.78, 5) is 28.1. The first-order chi connectivity index (χ1) is 16.0. The number of hydrogen-bond donors (Lipinski definition) is 1. The van der Waals surface area contributed by atoms with Gasteiger partial charge in [0, 0.05) is 46.1 Å². The molecule has 0 radical (unpaired) electrons. The average molecular weight is 494 g/mol. The summed E-state index contributed by atoms with van der Waals surface area (Å²) in [7, 11) is -3.74. The zero-order valence-corrected chi connectivity index (χ0v) is 21.3. The van der Waals surface area contributed by atoms with Crippen molar-refractivity contribution in [3.63, 3.8) is 0 Å². The first-order valence-electron chi connectivity index (χ1n) is 11.9. The summed E-state index contributed by atoms with van der Waals surface area (Å²) in [6, 6.07) is 4.80. The van der Waals surface area contributed by atoms with Gasteiger partial charge in [-0.1, -0.05) is 25.5 Å². The maximum absolute atomic E-state index is 13.2. The lowest BCUT2D eigenvalue weighted by Crippen LogP contribution is -2.50. The van der Waals surface area contributed by atoms with Crippen molar-refractivity contribution in [2.75, 3.05) is 32.7 Å². The minimum Gasteiger partial charge on any atom is -0.339 e. The van der Waals surface area contributed by atoms with Gasteiger partial charge in [0.25, 0.3) is 0 Å². The Morgan fingerprint density at radius 3 is 2.24 bits per heavy atom. The molecule has 0 bridgehead atoms. The monoisotopic (exact) mass is 493 g/mol. The standard InChI is InChI=1S/C25H36FN3O4S/c1-17(2)24-14-20(15-25(31)29-11-9-28(10-12-29)19(4)30)18(3)13-21(24)16-27-34(32,33)23-7-5-22(26)6-8-23/h5-8,13,17,20-21,24,27H,9-12,14-16H2,1-4H3/t20-,21-,24-/m0/s1. The average Bonchev–Trinajstić information content (AvgIpc) is 2.79. The fourth-order valence-corrected chi connectivity index (χ4v) is 6.09. The number of nitrogens with zero attached hydrogens (tertiary/aromatic N) is 2. The Morgan fingerprint density at radius 2 is 1.68 bits per heavy atom. The second-order valence-electron chi connectivity index (χ2n) is 9.81. The number of sulfonamides is 1. The van der Waals surface area contributed by atoms with Gasteiger partial charge in [0.1, 0.15) is 5.82 Å². The number of nitrogens with one attached hydrogen (secondary N) is 1. The zero-order chi connectivity index (χ0) is 25.0. The molecule has 1 aromatic rings. The molecule has 0 aromatic heterocycles. The summed E-state index contributed by atoms with van der Waals surface area (Å²) in [5.74, 6) is 0.355. The van der Waals surface area contributed by atoms with Gasteiger partial charge in [-0.15, -0.1) is 0 Å². The number of hydrogen-bond acceptors (Lipinski definition) is 4. The second kappa shape index (κ2) is 11.0. The lowest BCUT2D eigenvalue weighted by atomic mass is 9.70. The quantitative estimate of drug-likeness (QED) is 0.592. The fourth-order valence-electron chi connectivity index (χ4n) is 5.02. The van der Waals surface area contributed by atoms with Crippen molar-refractivity contribution in [1.82, 2.24) is 14.5 Å². The molecule has 1 N–H and O–H groups in total. The Labute approximate surface area is 202 Å². The van der Waals surface area contributed by atoms with E-state index in [1.807, 2.05) is 11.8 Å². The molecule has 0 spiro atoms. The highest BCUT2D eigenvalue weighted by atomic mass is 32.2. The van der Waals surface area contributed by atoms with Crippen molar-refractivity contribution in [1.29, 1.82) is 0 Å². The van der Waals surface area contributed by atoms with Gasteiger partial charge < -0.3 is 9.80 Å². The molecule has 1 aromatic carbocycles. The van der Waals surface area contributed by atoms with E-state index in [1.54, 1.807) is 11.8 Å². The predicted octanol–water partition coefficient (Wildman–Crippen LogP) is 3.04. The Morgan fingerprint density at radius 1 is 1.09 bits per heavy atom. The van der Waals surface area contributed by atoms with Crippen LogP contribution in [-0.2, 0) is 19.6 Å². The van der Waals surface area contributed by atoms with E-state index in [-0.39, 0.29) is 41.0 Å². The maximum atomic E-state index is 13.2. The SMILES string of the molecule is CC(=O)N1CCN(C(=O)C[C@@H]2C[C@@H](C(C)C)[C@H](CNS(=O)(=O)c3ccc(F)cc3)C=C2C)CC1. The highest BCUT2D eigenvalue weighted by Crippen LogP contribution is 2.39. The van der Waals surface area contributed by atoms with Crippen molar-refractivity contribution in [3.05, 3.63) is 41.7 Å². The molecule has 1 aliphatic carbocycles. The van der Waals surface area contributed by atoms with Gasteiger partial charge in [-0.2, -0.15) is 0 Å². The molecule has 1 heterocycles. The third kappa shape index (κ3) is 6.44. The molecule has 1 fully saturated rings. The third-order valence-corrected chi connectivity index (χ3v) is 8.66. The molecule has 3 rings (SSSR count). The number of halogens is 1. The van der Waals surface area contributed by atoms with E-state index in [2.05, 4.69) is 24.6 Å². The number of amides is 2. The van der Waals surface area contributed by atoms with Crippen LogP contribution in [0.4, 0.5) is 4.39 Å². The molecular formula is C25H36FN3O4S. The first-order valence-corrected chi connectivity index (χ1v) is 13.4. The van der Waals surface area contributed by atoms with Crippen molar-refractivity contribution in [2.45, 2.75) is 45.4 Å². The number of rotatable bonds is 7. The van der Waals surface area contributed by atoms with Crippen LogP contribution < -0.4 is 4.72 Å². The van der Waals surface area contributed by atoms with E-state index in [4.69, 9.17) is 0 Å². The predicted molar refractivity (Wildman–Crippen MR) is 129 cm³/mol. The van der Waals surface area contributed by atoms with E-state index in [0.29, 0.717) is 38.5 Å². The van der Waals surface area contributed by atoms with Gasteiger partial charge in [0.2, 0.25) is 21.8 Å². The summed E-state index contributed by atoms with van der Waals surface area (Å²) in [5.41, 5.74) is 1.11. The van der Waals surface area contributed by atoms with Crippen molar-refractivity contribution in [2.24, 2.45) is 23.7 Å². The van der Waals surface area contributed by atoms with Crippen molar-refractivity contribution in [3.8, 4) is 0 Å². The molecule has 34 heavy (non-hydrogen) atoms. The molecule has 3 atom stereocenters. The Kier molecular flexibility index (Phi) is 8.52. The van der Waals surface area contributed by atoms with E-state index >= 15 is 0 Å². The summed E-state index contributed by atoms with van der Waals surface area (Å²) in [5, 5.41) is 0. The van der Waals surface area contributed by atoms with Crippen LogP contribution in [0.2, 0.25) is 0 Å². The van der Waals surface area contributed by atoms with Crippen molar-refractivity contribution >= 4 is 21.8 Å². The Bertz CT molecular complexity index is 1020. The molecule has 7 nitrogen and oxygen atoms in total. The van der Waals surface area contributed by atoms with Gasteiger partial charge in [-0.05, 0) is 61.3 Å². The number of benzene rings is 1. The molecule has 1 saturated heterocycles. The highest BCUT2D eigenvalue weighted by Gasteiger charge is 2.34. The lowest BCUT2D eigenvalue weighted by Gasteiger charge is -2.39. The lowest BCUT2D eigenvalue weighted by molar-refractivity contribution is -0.139. The molecule has 2 aliphatic rings. The van der Waals surface area contributed by atoms with Crippen LogP contribution in [0.25, 0.3) is 0 Å². The maximum Gasteiger partial charge on any atom is 0.240 e. The summed E-state index contributed by atoms with van der Waals surface area (Å²) in [6.45, 7) is 10.4. The second-order valence-corrected chi connectivity index (χ2v) is 11.6. The number of piperazine rings is 1. The van der Waals surface area contributed by atoms with Gasteiger partial charge in [-0.25, -0.2) is 17.5 Å². The summed E-state index contributed by atoms with van der Waals surface area (Å²) < 4.78 is 41.2. The Balaban J connectivity index is 1.64. The molecule has 0 saturated carbocycles. The largest absolute Gasteiger partial charge is 0.339 e. The topological polar surface area (TPSA) is 86.8 Å². The van der Waals surface area contributed by atoms with E-state index in [1.165, 1.54) is 12.1 Å². The van der Waals surface area contributed by atoms with Gasteiger partial charge in [-0.3, -0.25) is 9.59 Å². The minimum atomic E-state index is -3.74.